The van der Waals surface area contributed by atoms with Crippen molar-refractivity contribution in [2.24, 2.45) is 0 Å². The summed E-state index contributed by atoms with van der Waals surface area (Å²) < 4.78 is 17.8. The van der Waals surface area contributed by atoms with Gasteiger partial charge in [-0.1, -0.05) is 54.6 Å². The highest BCUT2D eigenvalue weighted by molar-refractivity contribution is 5.88. The smallest absolute Gasteiger partial charge is 0.328 e. The summed E-state index contributed by atoms with van der Waals surface area (Å²) in [6.45, 7) is 0. The third-order valence-corrected chi connectivity index (χ3v) is 4.35. The van der Waals surface area contributed by atoms with Gasteiger partial charge in [-0.15, -0.1) is 0 Å². The van der Waals surface area contributed by atoms with Gasteiger partial charge in [-0.05, 0) is 34.0 Å². The van der Waals surface area contributed by atoms with Gasteiger partial charge in [-0.25, -0.2) is 9.18 Å². The molecule has 0 saturated heterocycles. The fraction of sp³-hybridized carbons (Fsp3) is 0.182. The molecule has 1 atom stereocenters. The van der Waals surface area contributed by atoms with Crippen LogP contribution in [0.2, 0.25) is 0 Å². The molecule has 3 aromatic rings. The summed E-state index contributed by atoms with van der Waals surface area (Å²) in [7, 11) is 1.27. The van der Waals surface area contributed by atoms with Crippen molar-refractivity contribution in [1.29, 1.82) is 0 Å². The molecule has 0 fully saturated rings. The molecule has 0 saturated carbocycles. The third kappa shape index (κ3) is 4.91. The molecule has 0 aliphatic heterocycles. The quantitative estimate of drug-likeness (QED) is 0.681. The molecule has 4 nitrogen and oxygen atoms in total. The Labute approximate surface area is 157 Å². The first-order valence-electron chi connectivity index (χ1n) is 8.64. The van der Waals surface area contributed by atoms with Crippen LogP contribution in [0.4, 0.5) is 4.39 Å². The minimum absolute atomic E-state index is 0.155. The number of ether oxygens (including phenoxy) is 1. The number of esters is 1. The maximum Gasteiger partial charge on any atom is 0.328 e. The Hall–Kier alpha value is -3.21. The average molecular weight is 365 g/mol. The van der Waals surface area contributed by atoms with Crippen molar-refractivity contribution >= 4 is 22.6 Å². The number of halogens is 1. The van der Waals surface area contributed by atoms with E-state index in [1.165, 1.54) is 19.2 Å². The molecule has 27 heavy (non-hydrogen) atoms. The molecule has 0 radical (unpaired) electrons. The summed E-state index contributed by atoms with van der Waals surface area (Å²) in [5, 5.41) is 4.88. The van der Waals surface area contributed by atoms with Crippen molar-refractivity contribution < 1.29 is 18.7 Å². The summed E-state index contributed by atoms with van der Waals surface area (Å²) in [5.41, 5.74) is 1.59. The van der Waals surface area contributed by atoms with E-state index in [1.807, 2.05) is 42.5 Å². The lowest BCUT2D eigenvalue weighted by Crippen LogP contribution is -2.43. The largest absolute Gasteiger partial charge is 0.467 e. The molecule has 5 heteroatoms. The molecule has 0 aliphatic rings. The van der Waals surface area contributed by atoms with Gasteiger partial charge < -0.3 is 10.1 Å². The Balaban J connectivity index is 1.69. The van der Waals surface area contributed by atoms with Gasteiger partial charge in [0, 0.05) is 6.42 Å². The normalized spacial score (nSPS) is 11.8. The maximum absolute atomic E-state index is 13.1. The topological polar surface area (TPSA) is 55.4 Å². The zero-order valence-electron chi connectivity index (χ0n) is 14.9. The molecule has 0 aliphatic carbocycles. The molecule has 0 spiro atoms. The van der Waals surface area contributed by atoms with Crippen LogP contribution in [0.15, 0.2) is 66.7 Å². The minimum Gasteiger partial charge on any atom is -0.467 e. The number of methoxy groups -OCH3 is 1. The Morgan fingerprint density at radius 2 is 1.63 bits per heavy atom. The van der Waals surface area contributed by atoms with Crippen molar-refractivity contribution in [3.63, 3.8) is 0 Å². The number of amides is 1. The van der Waals surface area contributed by atoms with Crippen LogP contribution in [0, 0.1) is 5.82 Å². The third-order valence-electron chi connectivity index (χ3n) is 4.35. The predicted molar refractivity (Wildman–Crippen MR) is 102 cm³/mol. The molecular weight excluding hydrogens is 345 g/mol. The van der Waals surface area contributed by atoms with E-state index in [1.54, 1.807) is 12.1 Å². The van der Waals surface area contributed by atoms with E-state index in [2.05, 4.69) is 5.32 Å². The zero-order chi connectivity index (χ0) is 19.2. The van der Waals surface area contributed by atoms with Crippen LogP contribution >= 0.6 is 0 Å². The Morgan fingerprint density at radius 3 is 2.33 bits per heavy atom. The average Bonchev–Trinajstić information content (AvgIpc) is 2.68. The molecule has 3 rings (SSSR count). The highest BCUT2D eigenvalue weighted by Gasteiger charge is 2.22. The van der Waals surface area contributed by atoms with E-state index in [0.717, 1.165) is 21.9 Å². The monoisotopic (exact) mass is 365 g/mol. The van der Waals surface area contributed by atoms with Crippen LogP contribution in [-0.2, 0) is 27.2 Å². The molecule has 0 aromatic heterocycles. The minimum atomic E-state index is -0.826. The molecule has 1 amide bonds. The van der Waals surface area contributed by atoms with Gasteiger partial charge in [-0.3, -0.25) is 4.79 Å². The maximum atomic E-state index is 13.1. The summed E-state index contributed by atoms with van der Waals surface area (Å²) in [6, 6.07) is 18.7. The van der Waals surface area contributed by atoms with Gasteiger partial charge in [-0.2, -0.15) is 0 Å². The molecule has 1 N–H and O–H groups in total. The van der Waals surface area contributed by atoms with E-state index in [-0.39, 0.29) is 24.6 Å². The highest BCUT2D eigenvalue weighted by atomic mass is 19.1. The lowest BCUT2D eigenvalue weighted by atomic mass is 10.0. The Morgan fingerprint density at radius 1 is 0.963 bits per heavy atom. The lowest BCUT2D eigenvalue weighted by Gasteiger charge is -2.17. The summed E-state index contributed by atoms with van der Waals surface area (Å²) in [6.07, 6.45) is 0.387. The van der Waals surface area contributed by atoms with Crippen LogP contribution < -0.4 is 5.32 Å². The van der Waals surface area contributed by atoms with Crippen molar-refractivity contribution in [3.05, 3.63) is 83.7 Å². The van der Waals surface area contributed by atoms with Crippen LogP contribution in [0.1, 0.15) is 11.1 Å². The van der Waals surface area contributed by atoms with E-state index in [0.29, 0.717) is 0 Å². The number of carbonyl (C=O) groups is 2. The first-order valence-corrected chi connectivity index (χ1v) is 8.64. The standard InChI is InChI=1S/C22H20FNO3/c1-27-22(26)20(13-15-7-10-19(23)11-8-15)24-21(25)14-16-6-9-17-4-2-3-5-18(17)12-16/h2-12,20H,13-14H2,1H3,(H,24,25)/t20-/m1/s1. The van der Waals surface area contributed by atoms with Gasteiger partial charge in [0.05, 0.1) is 13.5 Å². The summed E-state index contributed by atoms with van der Waals surface area (Å²) in [5.74, 6) is -1.16. The number of fused-ring (bicyclic) bond motifs is 1. The van der Waals surface area contributed by atoms with Crippen molar-refractivity contribution in [1.82, 2.24) is 5.32 Å². The van der Waals surface area contributed by atoms with E-state index < -0.39 is 12.0 Å². The number of hydrogen-bond donors (Lipinski definition) is 1. The van der Waals surface area contributed by atoms with Crippen LogP contribution in [0.25, 0.3) is 10.8 Å². The zero-order valence-corrected chi connectivity index (χ0v) is 14.9. The van der Waals surface area contributed by atoms with Crippen molar-refractivity contribution in [2.45, 2.75) is 18.9 Å². The molecule has 0 heterocycles. The van der Waals surface area contributed by atoms with Gasteiger partial charge in [0.1, 0.15) is 11.9 Å². The van der Waals surface area contributed by atoms with Gasteiger partial charge in [0.15, 0.2) is 0 Å². The SMILES string of the molecule is COC(=O)[C@@H](Cc1ccc(F)cc1)NC(=O)Cc1ccc2ccccc2c1. The first-order chi connectivity index (χ1) is 13.0. The van der Waals surface area contributed by atoms with Gasteiger partial charge in [0.2, 0.25) is 5.91 Å². The van der Waals surface area contributed by atoms with E-state index in [9.17, 15) is 14.0 Å². The summed E-state index contributed by atoms with van der Waals surface area (Å²) >= 11 is 0. The van der Waals surface area contributed by atoms with Crippen LogP contribution in [0.5, 0.6) is 0 Å². The van der Waals surface area contributed by atoms with Crippen LogP contribution in [-0.4, -0.2) is 25.0 Å². The first kappa shape index (κ1) is 18.6. The second-order valence-corrected chi connectivity index (χ2v) is 6.33. The number of benzene rings is 3. The molecule has 0 bridgehead atoms. The number of carbonyl (C=O) groups excluding carboxylic acids is 2. The Bertz CT molecular complexity index is 953. The second kappa shape index (κ2) is 8.45. The fourth-order valence-corrected chi connectivity index (χ4v) is 2.97. The molecule has 3 aromatic carbocycles. The number of nitrogens with one attached hydrogen (secondary N) is 1. The van der Waals surface area contributed by atoms with Crippen LogP contribution in [0.3, 0.4) is 0 Å². The Kier molecular flexibility index (Phi) is 5.81. The lowest BCUT2D eigenvalue weighted by molar-refractivity contribution is -0.145. The van der Waals surface area contributed by atoms with E-state index >= 15 is 0 Å². The summed E-state index contributed by atoms with van der Waals surface area (Å²) in [4.78, 5) is 24.5. The van der Waals surface area contributed by atoms with Crippen molar-refractivity contribution in [3.8, 4) is 0 Å². The van der Waals surface area contributed by atoms with Crippen molar-refractivity contribution in [2.75, 3.05) is 7.11 Å². The highest BCUT2D eigenvalue weighted by Crippen LogP contribution is 2.16. The van der Waals surface area contributed by atoms with Gasteiger partial charge >= 0.3 is 5.97 Å². The molecule has 138 valence electrons. The van der Waals surface area contributed by atoms with E-state index in [4.69, 9.17) is 4.74 Å². The van der Waals surface area contributed by atoms with Gasteiger partial charge in [0.25, 0.3) is 0 Å². The molecular formula is C22H20FNO3. The fourth-order valence-electron chi connectivity index (χ4n) is 2.97. The number of hydrogen-bond acceptors (Lipinski definition) is 3. The second-order valence-electron chi connectivity index (χ2n) is 6.33. The number of rotatable bonds is 6. The predicted octanol–water partition coefficient (Wildman–Crippen LogP) is 3.42. The molecule has 0 unspecified atom stereocenters.